The van der Waals surface area contributed by atoms with Gasteiger partial charge >= 0.3 is 0 Å². The molecule has 0 atom stereocenters. The molecule has 0 unspecified atom stereocenters. The molecule has 9 heavy (non-hydrogen) atoms. The van der Waals surface area contributed by atoms with E-state index in [4.69, 9.17) is 0 Å². The van der Waals surface area contributed by atoms with E-state index in [1.807, 2.05) is 22.6 Å². The maximum absolute atomic E-state index is 10.1. The molecule has 0 spiro atoms. The largest absolute Gasteiger partial charge is 0.296 e. The first-order chi connectivity index (χ1) is 4.33. The van der Waals surface area contributed by atoms with Crippen LogP contribution in [0.3, 0.4) is 0 Å². The van der Waals surface area contributed by atoms with Crippen LogP contribution in [0.1, 0.15) is 10.5 Å². The van der Waals surface area contributed by atoms with Crippen LogP contribution in [-0.2, 0) is 0 Å². The van der Waals surface area contributed by atoms with Gasteiger partial charge in [-0.1, -0.05) is 0 Å². The number of halogens is 1. The van der Waals surface area contributed by atoms with Gasteiger partial charge in [0.15, 0.2) is 6.29 Å². The van der Waals surface area contributed by atoms with Gasteiger partial charge in [-0.05, 0) is 22.6 Å². The first-order valence-electron chi connectivity index (χ1n) is 2.25. The molecular weight excluding hydrogens is 231 g/mol. The van der Waals surface area contributed by atoms with Gasteiger partial charge in [-0.2, -0.15) is 0 Å². The Hall–Kier alpha value is -0.520. The van der Waals surface area contributed by atoms with Crippen molar-refractivity contribution in [1.29, 1.82) is 0 Å². The van der Waals surface area contributed by atoms with Gasteiger partial charge in [0, 0.05) is 0 Å². The minimum Gasteiger partial charge on any atom is -0.296 e. The summed E-state index contributed by atoms with van der Waals surface area (Å²) < 4.78 is 0.734. The number of rotatable bonds is 1. The number of hydrogen-bond donors (Lipinski definition) is 0. The molecule has 0 aromatic carbocycles. The highest BCUT2D eigenvalue weighted by Gasteiger charge is 1.90. The van der Waals surface area contributed by atoms with Crippen molar-refractivity contribution in [3.05, 3.63) is 21.8 Å². The third kappa shape index (κ3) is 1.70. The van der Waals surface area contributed by atoms with Crippen LogP contribution >= 0.6 is 22.6 Å². The SMILES string of the molecule is O=Cc1cncc(I)n1. The third-order valence-electron chi connectivity index (χ3n) is 0.745. The monoisotopic (exact) mass is 234 g/mol. The lowest BCUT2D eigenvalue weighted by Gasteiger charge is -1.87. The molecule has 1 aromatic rings. The first kappa shape index (κ1) is 6.60. The lowest BCUT2D eigenvalue weighted by molar-refractivity contribution is 0.111. The third-order valence-corrected chi connectivity index (χ3v) is 1.26. The van der Waals surface area contributed by atoms with Crippen LogP contribution < -0.4 is 0 Å². The molecular formula is C5H3IN2O. The first-order valence-corrected chi connectivity index (χ1v) is 3.33. The number of carbonyl (C=O) groups excluding carboxylic acids is 1. The molecule has 0 aliphatic heterocycles. The van der Waals surface area contributed by atoms with Crippen molar-refractivity contribution in [1.82, 2.24) is 9.97 Å². The second-order valence-corrected chi connectivity index (χ2v) is 2.49. The van der Waals surface area contributed by atoms with E-state index < -0.39 is 0 Å². The molecule has 1 aromatic heterocycles. The van der Waals surface area contributed by atoms with E-state index in [-0.39, 0.29) is 0 Å². The highest BCUT2D eigenvalue weighted by molar-refractivity contribution is 14.1. The minimum atomic E-state index is 0.377. The van der Waals surface area contributed by atoms with E-state index in [9.17, 15) is 4.79 Å². The van der Waals surface area contributed by atoms with E-state index in [2.05, 4.69) is 9.97 Å². The maximum atomic E-state index is 10.1. The minimum absolute atomic E-state index is 0.377. The van der Waals surface area contributed by atoms with E-state index in [0.717, 1.165) is 3.70 Å². The van der Waals surface area contributed by atoms with Crippen molar-refractivity contribution >= 4 is 28.9 Å². The summed E-state index contributed by atoms with van der Waals surface area (Å²) in [7, 11) is 0. The number of nitrogens with zero attached hydrogens (tertiary/aromatic N) is 2. The molecule has 0 saturated carbocycles. The fraction of sp³-hybridized carbons (Fsp3) is 0. The van der Waals surface area contributed by atoms with Crippen molar-refractivity contribution < 1.29 is 4.79 Å². The van der Waals surface area contributed by atoms with Gasteiger partial charge in [0.05, 0.1) is 12.4 Å². The highest BCUT2D eigenvalue weighted by Crippen LogP contribution is 1.96. The normalized spacial score (nSPS) is 9.00. The molecule has 0 N–H and O–H groups in total. The Bertz CT molecular complexity index is 226. The molecule has 4 heteroatoms. The van der Waals surface area contributed by atoms with Crippen molar-refractivity contribution in [2.24, 2.45) is 0 Å². The van der Waals surface area contributed by atoms with Gasteiger partial charge in [0.2, 0.25) is 0 Å². The lowest BCUT2D eigenvalue weighted by Crippen LogP contribution is -1.89. The van der Waals surface area contributed by atoms with Gasteiger partial charge in [0.1, 0.15) is 9.39 Å². The van der Waals surface area contributed by atoms with Crippen molar-refractivity contribution in [2.75, 3.05) is 0 Å². The molecule has 3 nitrogen and oxygen atoms in total. The van der Waals surface area contributed by atoms with Gasteiger partial charge in [0.25, 0.3) is 0 Å². The predicted octanol–water partition coefficient (Wildman–Crippen LogP) is 0.894. The summed E-state index contributed by atoms with van der Waals surface area (Å²) in [5.74, 6) is 0. The zero-order chi connectivity index (χ0) is 6.69. The Morgan fingerprint density at radius 1 is 1.56 bits per heavy atom. The molecule has 0 radical (unpaired) electrons. The average Bonchev–Trinajstić information content (AvgIpc) is 1.88. The van der Waals surface area contributed by atoms with Crippen LogP contribution in [-0.4, -0.2) is 16.3 Å². The second-order valence-electron chi connectivity index (χ2n) is 1.38. The van der Waals surface area contributed by atoms with Gasteiger partial charge < -0.3 is 0 Å². The van der Waals surface area contributed by atoms with Crippen LogP contribution in [0, 0.1) is 3.70 Å². The smallest absolute Gasteiger partial charge is 0.170 e. The van der Waals surface area contributed by atoms with E-state index >= 15 is 0 Å². The highest BCUT2D eigenvalue weighted by atomic mass is 127. The molecule has 0 saturated heterocycles. The van der Waals surface area contributed by atoms with Crippen molar-refractivity contribution in [3.63, 3.8) is 0 Å². The summed E-state index contributed by atoms with van der Waals surface area (Å²) >= 11 is 2.00. The topological polar surface area (TPSA) is 42.9 Å². The summed E-state index contributed by atoms with van der Waals surface area (Å²) in [6, 6.07) is 0. The van der Waals surface area contributed by atoms with Crippen LogP contribution in [0.4, 0.5) is 0 Å². The Kier molecular flexibility index (Phi) is 2.10. The summed E-state index contributed by atoms with van der Waals surface area (Å²) in [6.07, 6.45) is 3.69. The maximum Gasteiger partial charge on any atom is 0.170 e. The molecule has 0 amide bonds. The fourth-order valence-corrected chi connectivity index (χ4v) is 0.852. The number of aromatic nitrogens is 2. The van der Waals surface area contributed by atoms with Crippen molar-refractivity contribution in [3.8, 4) is 0 Å². The number of hydrogen-bond acceptors (Lipinski definition) is 3. The van der Waals surface area contributed by atoms with Crippen LogP contribution in [0.5, 0.6) is 0 Å². The quantitative estimate of drug-likeness (QED) is 0.535. The predicted molar refractivity (Wildman–Crippen MR) is 40.1 cm³/mol. The Morgan fingerprint density at radius 2 is 2.33 bits per heavy atom. The van der Waals surface area contributed by atoms with E-state index in [1.165, 1.54) is 6.20 Å². The second kappa shape index (κ2) is 2.86. The standard InChI is InChI=1S/C5H3IN2O/c6-5-2-7-1-4(3-9)8-5/h1-3H. The van der Waals surface area contributed by atoms with E-state index in [1.54, 1.807) is 6.20 Å². The zero-order valence-corrected chi connectivity index (χ0v) is 6.57. The van der Waals surface area contributed by atoms with Gasteiger partial charge in [-0.25, -0.2) is 4.98 Å². The summed E-state index contributed by atoms with van der Waals surface area (Å²) in [6.45, 7) is 0. The number of carbonyl (C=O) groups is 1. The van der Waals surface area contributed by atoms with Crippen LogP contribution in [0.15, 0.2) is 12.4 Å². The van der Waals surface area contributed by atoms with Crippen LogP contribution in [0.25, 0.3) is 0 Å². The van der Waals surface area contributed by atoms with Gasteiger partial charge in [-0.15, -0.1) is 0 Å². The molecule has 46 valence electrons. The molecule has 1 heterocycles. The average molecular weight is 234 g/mol. The molecule has 0 bridgehead atoms. The Morgan fingerprint density at radius 3 is 2.78 bits per heavy atom. The molecule has 0 aliphatic rings. The number of aldehydes is 1. The van der Waals surface area contributed by atoms with Gasteiger partial charge in [-0.3, -0.25) is 9.78 Å². The molecule has 0 aliphatic carbocycles. The summed E-state index contributed by atoms with van der Waals surface area (Å²) in [5.41, 5.74) is 0.377. The molecule has 0 fully saturated rings. The lowest BCUT2D eigenvalue weighted by atomic mass is 10.5. The van der Waals surface area contributed by atoms with Crippen molar-refractivity contribution in [2.45, 2.75) is 0 Å². The van der Waals surface area contributed by atoms with E-state index in [0.29, 0.717) is 12.0 Å². The fourth-order valence-electron chi connectivity index (χ4n) is 0.413. The zero-order valence-electron chi connectivity index (χ0n) is 4.41. The molecule has 1 rings (SSSR count). The van der Waals surface area contributed by atoms with Crippen LogP contribution in [0.2, 0.25) is 0 Å². The summed E-state index contributed by atoms with van der Waals surface area (Å²) in [5, 5.41) is 0. The summed E-state index contributed by atoms with van der Waals surface area (Å²) in [4.78, 5) is 17.7. The Labute approximate surface area is 65.7 Å². The Balaban J connectivity index is 3.07.